The van der Waals surface area contributed by atoms with E-state index in [1.165, 1.54) is 0 Å². The zero-order valence-electron chi connectivity index (χ0n) is 11.7. The first-order valence-electron chi connectivity index (χ1n) is 6.58. The summed E-state index contributed by atoms with van der Waals surface area (Å²) in [6.45, 7) is 4.87. The van der Waals surface area contributed by atoms with Crippen molar-refractivity contribution in [3.63, 3.8) is 0 Å². The van der Waals surface area contributed by atoms with Gasteiger partial charge in [-0.1, -0.05) is 35.4 Å². The fraction of sp³-hybridized carbons (Fsp3) is 0.571. The molecule has 0 N–H and O–H groups in total. The van der Waals surface area contributed by atoms with Gasteiger partial charge in [-0.15, -0.1) is 0 Å². The highest BCUT2D eigenvalue weighted by Crippen LogP contribution is 2.25. The molecule has 0 bridgehead atoms. The summed E-state index contributed by atoms with van der Waals surface area (Å²) in [5.74, 6) is -0.632. The SMILES string of the molecule is CC1(C)OC[C@H](C(COCc2ccccc2)N=[N+]=[N-])O1. The third kappa shape index (κ3) is 4.21. The Labute approximate surface area is 118 Å². The van der Waals surface area contributed by atoms with Crippen molar-refractivity contribution < 1.29 is 14.2 Å². The molecular formula is C14H19N3O3. The summed E-state index contributed by atoms with van der Waals surface area (Å²) in [6, 6.07) is 9.46. The van der Waals surface area contributed by atoms with Gasteiger partial charge in [0.25, 0.3) is 0 Å². The summed E-state index contributed by atoms with van der Waals surface area (Å²) in [5.41, 5.74) is 9.73. The average Bonchev–Trinajstić information content (AvgIpc) is 2.79. The number of hydrogen-bond acceptors (Lipinski definition) is 4. The molecule has 1 aromatic rings. The Morgan fingerprint density at radius 3 is 2.80 bits per heavy atom. The molecule has 1 aromatic carbocycles. The standard InChI is InChI=1S/C14H19N3O3/c1-14(2)19-10-13(20-14)12(16-17-15)9-18-8-11-6-4-3-5-7-11/h3-7,12-13H,8-10H2,1-2H3/t12?,13-/m1/s1. The number of nitrogens with zero attached hydrogens (tertiary/aromatic N) is 3. The maximum Gasteiger partial charge on any atom is 0.163 e. The fourth-order valence-electron chi connectivity index (χ4n) is 2.06. The van der Waals surface area contributed by atoms with E-state index in [1.807, 2.05) is 44.2 Å². The molecule has 6 heteroatoms. The van der Waals surface area contributed by atoms with Gasteiger partial charge < -0.3 is 14.2 Å². The maximum atomic E-state index is 8.65. The maximum absolute atomic E-state index is 8.65. The molecule has 1 aliphatic rings. The highest BCUT2D eigenvalue weighted by Gasteiger charge is 2.37. The van der Waals surface area contributed by atoms with Gasteiger partial charge in [-0.25, -0.2) is 0 Å². The molecule has 2 atom stereocenters. The Hall–Kier alpha value is -1.59. The van der Waals surface area contributed by atoms with Crippen molar-refractivity contribution in [3.05, 3.63) is 46.3 Å². The lowest BCUT2D eigenvalue weighted by Crippen LogP contribution is -2.32. The molecule has 6 nitrogen and oxygen atoms in total. The van der Waals surface area contributed by atoms with Gasteiger partial charge >= 0.3 is 0 Å². The second-order valence-corrected chi connectivity index (χ2v) is 5.14. The van der Waals surface area contributed by atoms with Gasteiger partial charge in [0.05, 0.1) is 32.0 Å². The molecule has 20 heavy (non-hydrogen) atoms. The summed E-state index contributed by atoms with van der Waals surface area (Å²) in [4.78, 5) is 2.86. The van der Waals surface area contributed by atoms with Crippen LogP contribution in [0.2, 0.25) is 0 Å². The van der Waals surface area contributed by atoms with Crippen molar-refractivity contribution in [1.29, 1.82) is 0 Å². The molecule has 1 fully saturated rings. The van der Waals surface area contributed by atoms with E-state index in [-0.39, 0.29) is 12.1 Å². The fourth-order valence-corrected chi connectivity index (χ4v) is 2.06. The first-order chi connectivity index (χ1) is 9.61. The van der Waals surface area contributed by atoms with E-state index in [4.69, 9.17) is 19.7 Å². The minimum Gasteiger partial charge on any atom is -0.376 e. The van der Waals surface area contributed by atoms with Crippen LogP contribution in [0.25, 0.3) is 10.4 Å². The van der Waals surface area contributed by atoms with E-state index in [1.54, 1.807) is 0 Å². The molecule has 1 unspecified atom stereocenters. The second kappa shape index (κ2) is 6.72. The number of azide groups is 1. The molecule has 0 spiro atoms. The van der Waals surface area contributed by atoms with Crippen molar-refractivity contribution in [2.45, 2.75) is 38.4 Å². The molecule has 0 saturated carbocycles. The first kappa shape index (κ1) is 14.8. The van der Waals surface area contributed by atoms with E-state index >= 15 is 0 Å². The second-order valence-electron chi connectivity index (χ2n) is 5.14. The Morgan fingerprint density at radius 2 is 2.20 bits per heavy atom. The van der Waals surface area contributed by atoms with Crippen LogP contribution in [0.15, 0.2) is 35.4 Å². The van der Waals surface area contributed by atoms with Crippen LogP contribution < -0.4 is 0 Å². The number of ether oxygens (including phenoxy) is 3. The van der Waals surface area contributed by atoms with Crippen molar-refractivity contribution in [2.24, 2.45) is 5.11 Å². The van der Waals surface area contributed by atoms with E-state index in [2.05, 4.69) is 10.0 Å². The molecule has 2 rings (SSSR count). The van der Waals surface area contributed by atoms with Gasteiger partial charge in [-0.05, 0) is 24.9 Å². The monoisotopic (exact) mass is 277 g/mol. The van der Waals surface area contributed by atoms with Crippen LogP contribution in [0, 0.1) is 0 Å². The molecule has 0 aliphatic carbocycles. The third-order valence-corrected chi connectivity index (χ3v) is 3.06. The van der Waals surface area contributed by atoms with Crippen LogP contribution >= 0.6 is 0 Å². The lowest BCUT2D eigenvalue weighted by atomic mass is 10.2. The third-order valence-electron chi connectivity index (χ3n) is 3.06. The van der Waals surface area contributed by atoms with Crippen LogP contribution in [0.5, 0.6) is 0 Å². The highest BCUT2D eigenvalue weighted by molar-refractivity contribution is 5.13. The largest absolute Gasteiger partial charge is 0.376 e. The molecule has 0 radical (unpaired) electrons. The zero-order valence-corrected chi connectivity index (χ0v) is 11.7. The van der Waals surface area contributed by atoms with Crippen LogP contribution in [0.4, 0.5) is 0 Å². The van der Waals surface area contributed by atoms with E-state index in [0.29, 0.717) is 19.8 Å². The van der Waals surface area contributed by atoms with Crippen molar-refractivity contribution >= 4 is 0 Å². The summed E-state index contributed by atoms with van der Waals surface area (Å²) >= 11 is 0. The predicted octanol–water partition coefficient (Wildman–Crippen LogP) is 3.03. The molecule has 1 saturated heterocycles. The van der Waals surface area contributed by atoms with Gasteiger partial charge in [0.1, 0.15) is 0 Å². The summed E-state index contributed by atoms with van der Waals surface area (Å²) in [5, 5.41) is 3.75. The van der Waals surface area contributed by atoms with Gasteiger partial charge in [0, 0.05) is 4.91 Å². The molecule has 1 aliphatic heterocycles. The lowest BCUT2D eigenvalue weighted by Gasteiger charge is -2.20. The Morgan fingerprint density at radius 1 is 1.45 bits per heavy atom. The van der Waals surface area contributed by atoms with Gasteiger partial charge in [-0.2, -0.15) is 0 Å². The smallest absolute Gasteiger partial charge is 0.163 e. The highest BCUT2D eigenvalue weighted by atomic mass is 16.7. The topological polar surface area (TPSA) is 76.5 Å². The molecule has 1 heterocycles. The lowest BCUT2D eigenvalue weighted by molar-refractivity contribution is -0.142. The van der Waals surface area contributed by atoms with Gasteiger partial charge in [0.2, 0.25) is 0 Å². The molecule has 108 valence electrons. The summed E-state index contributed by atoms with van der Waals surface area (Å²) in [6.07, 6.45) is -0.267. The van der Waals surface area contributed by atoms with Crippen LogP contribution in [0.3, 0.4) is 0 Å². The minimum atomic E-state index is -0.632. The quantitative estimate of drug-likeness (QED) is 0.455. The number of rotatable bonds is 6. The number of benzene rings is 1. The summed E-state index contributed by atoms with van der Waals surface area (Å²) in [7, 11) is 0. The minimum absolute atomic E-state index is 0.267. The molecule has 0 amide bonds. The molecular weight excluding hydrogens is 258 g/mol. The van der Waals surface area contributed by atoms with E-state index in [9.17, 15) is 0 Å². The summed E-state index contributed by atoms with van der Waals surface area (Å²) < 4.78 is 16.8. The van der Waals surface area contributed by atoms with Crippen molar-refractivity contribution in [3.8, 4) is 0 Å². The van der Waals surface area contributed by atoms with Crippen LogP contribution in [0.1, 0.15) is 19.4 Å². The van der Waals surface area contributed by atoms with Crippen molar-refractivity contribution in [1.82, 2.24) is 0 Å². The van der Waals surface area contributed by atoms with Crippen molar-refractivity contribution in [2.75, 3.05) is 13.2 Å². The first-order valence-corrected chi connectivity index (χ1v) is 6.58. The Bertz CT molecular complexity index is 472. The predicted molar refractivity (Wildman–Crippen MR) is 73.9 cm³/mol. The Balaban J connectivity index is 1.85. The zero-order chi connectivity index (χ0) is 14.4. The van der Waals surface area contributed by atoms with E-state index < -0.39 is 5.79 Å². The van der Waals surface area contributed by atoms with E-state index in [0.717, 1.165) is 5.56 Å². The van der Waals surface area contributed by atoms with Crippen LogP contribution in [-0.4, -0.2) is 31.1 Å². The molecule has 0 aromatic heterocycles. The van der Waals surface area contributed by atoms with Crippen LogP contribution in [-0.2, 0) is 20.8 Å². The Kier molecular flexibility index (Phi) is 4.98. The normalized spacial score (nSPS) is 22.2. The van der Waals surface area contributed by atoms with Gasteiger partial charge in [0.15, 0.2) is 5.79 Å². The van der Waals surface area contributed by atoms with Gasteiger partial charge in [-0.3, -0.25) is 0 Å². The average molecular weight is 277 g/mol. The number of hydrogen-bond donors (Lipinski definition) is 0.